The third kappa shape index (κ3) is 3.32. The highest BCUT2D eigenvalue weighted by Gasteiger charge is 2.57. The van der Waals surface area contributed by atoms with Gasteiger partial charge in [0, 0.05) is 45.5 Å². The SMILES string of the molecule is O=C(c1ccoc1)N1CCC(N2CC(OCC3CC3)C23CCOCC3)CC1. The van der Waals surface area contributed by atoms with Crippen LogP contribution in [0.1, 0.15) is 48.9 Å². The number of piperidine rings is 1. The topological polar surface area (TPSA) is 55.2 Å². The van der Waals surface area contributed by atoms with E-state index < -0.39 is 0 Å². The second-order valence-electron chi connectivity index (χ2n) is 8.67. The van der Waals surface area contributed by atoms with Crippen molar-refractivity contribution >= 4 is 5.91 Å². The number of carbonyl (C=O) groups excluding carboxylic acids is 1. The molecule has 1 spiro atoms. The largest absolute Gasteiger partial charge is 0.472 e. The van der Waals surface area contributed by atoms with E-state index in [4.69, 9.17) is 13.9 Å². The molecule has 0 radical (unpaired) electrons. The summed E-state index contributed by atoms with van der Waals surface area (Å²) < 4.78 is 17.1. The molecule has 148 valence electrons. The molecule has 1 aromatic rings. The third-order valence-corrected chi connectivity index (χ3v) is 7.08. The normalized spacial score (nSPS) is 29.0. The van der Waals surface area contributed by atoms with Crippen LogP contribution in [-0.4, -0.2) is 72.8 Å². The van der Waals surface area contributed by atoms with Crippen LogP contribution >= 0.6 is 0 Å². The van der Waals surface area contributed by atoms with Crippen LogP contribution in [0.5, 0.6) is 0 Å². The van der Waals surface area contributed by atoms with E-state index in [1.54, 1.807) is 18.6 Å². The van der Waals surface area contributed by atoms with E-state index >= 15 is 0 Å². The second-order valence-corrected chi connectivity index (χ2v) is 8.67. The van der Waals surface area contributed by atoms with E-state index in [0.29, 0.717) is 17.7 Å². The summed E-state index contributed by atoms with van der Waals surface area (Å²) in [5.41, 5.74) is 0.834. The van der Waals surface area contributed by atoms with Gasteiger partial charge in [0.05, 0.1) is 23.5 Å². The average molecular weight is 374 g/mol. The summed E-state index contributed by atoms with van der Waals surface area (Å²) in [5.74, 6) is 0.908. The predicted molar refractivity (Wildman–Crippen MR) is 99.6 cm³/mol. The summed E-state index contributed by atoms with van der Waals surface area (Å²) in [5, 5.41) is 0. The highest BCUT2D eigenvalue weighted by molar-refractivity contribution is 5.93. The van der Waals surface area contributed by atoms with Crippen LogP contribution in [0.15, 0.2) is 23.0 Å². The molecular weight excluding hydrogens is 344 g/mol. The van der Waals surface area contributed by atoms with Gasteiger partial charge >= 0.3 is 0 Å². The number of nitrogens with zero attached hydrogens (tertiary/aromatic N) is 2. The molecule has 4 heterocycles. The van der Waals surface area contributed by atoms with Crippen LogP contribution in [-0.2, 0) is 9.47 Å². The van der Waals surface area contributed by atoms with Gasteiger partial charge in [0.1, 0.15) is 6.26 Å². The number of hydrogen-bond donors (Lipinski definition) is 0. The molecule has 1 amide bonds. The summed E-state index contributed by atoms with van der Waals surface area (Å²) in [6, 6.07) is 2.31. The minimum absolute atomic E-state index is 0.0947. The Morgan fingerprint density at radius 1 is 1.19 bits per heavy atom. The summed E-state index contributed by atoms with van der Waals surface area (Å²) in [4.78, 5) is 17.2. The smallest absolute Gasteiger partial charge is 0.257 e. The molecule has 4 fully saturated rings. The molecule has 0 N–H and O–H groups in total. The Kier molecular flexibility index (Phi) is 4.74. The van der Waals surface area contributed by atoms with Gasteiger partial charge in [0.15, 0.2) is 0 Å². The van der Waals surface area contributed by atoms with E-state index in [2.05, 4.69) is 4.90 Å². The monoisotopic (exact) mass is 374 g/mol. The molecule has 1 aliphatic carbocycles. The Labute approximate surface area is 160 Å². The molecule has 6 heteroatoms. The number of amides is 1. The Bertz CT molecular complexity index is 643. The predicted octanol–water partition coefficient (Wildman–Crippen LogP) is 2.54. The molecule has 0 bridgehead atoms. The minimum Gasteiger partial charge on any atom is -0.472 e. The molecular formula is C21H30N2O4. The fourth-order valence-electron chi connectivity index (χ4n) is 5.14. The van der Waals surface area contributed by atoms with Gasteiger partial charge < -0.3 is 18.8 Å². The van der Waals surface area contributed by atoms with Crippen LogP contribution in [0.25, 0.3) is 0 Å². The van der Waals surface area contributed by atoms with Crippen molar-refractivity contribution in [2.75, 3.05) is 39.5 Å². The first kappa shape index (κ1) is 17.7. The highest BCUT2D eigenvalue weighted by atomic mass is 16.5. The molecule has 5 rings (SSSR count). The zero-order valence-corrected chi connectivity index (χ0v) is 16.0. The van der Waals surface area contributed by atoms with Gasteiger partial charge in [-0.2, -0.15) is 0 Å². The van der Waals surface area contributed by atoms with Crippen molar-refractivity contribution in [2.45, 2.75) is 56.2 Å². The number of likely N-dealkylation sites (tertiary alicyclic amines) is 2. The molecule has 1 saturated carbocycles. The average Bonchev–Trinajstić information content (AvgIpc) is 3.38. The van der Waals surface area contributed by atoms with Gasteiger partial charge in [-0.25, -0.2) is 0 Å². The molecule has 6 nitrogen and oxygen atoms in total. The van der Waals surface area contributed by atoms with Crippen LogP contribution in [0, 0.1) is 5.92 Å². The van der Waals surface area contributed by atoms with Gasteiger partial charge in [0.2, 0.25) is 0 Å². The van der Waals surface area contributed by atoms with Crippen LogP contribution < -0.4 is 0 Å². The zero-order valence-electron chi connectivity index (χ0n) is 16.0. The van der Waals surface area contributed by atoms with E-state index in [1.165, 1.54) is 12.8 Å². The van der Waals surface area contributed by atoms with Gasteiger partial charge in [-0.1, -0.05) is 0 Å². The fourth-order valence-corrected chi connectivity index (χ4v) is 5.14. The van der Waals surface area contributed by atoms with Gasteiger partial charge in [-0.15, -0.1) is 0 Å². The highest BCUT2D eigenvalue weighted by Crippen LogP contribution is 2.45. The molecule has 0 aromatic carbocycles. The van der Waals surface area contributed by atoms with Gasteiger partial charge in [-0.05, 0) is 50.5 Å². The van der Waals surface area contributed by atoms with Crippen LogP contribution in [0.3, 0.4) is 0 Å². The summed E-state index contributed by atoms with van der Waals surface area (Å²) >= 11 is 0. The lowest BCUT2D eigenvalue weighted by molar-refractivity contribution is -0.217. The Morgan fingerprint density at radius 3 is 2.63 bits per heavy atom. The number of hydrogen-bond acceptors (Lipinski definition) is 5. The Morgan fingerprint density at radius 2 is 1.96 bits per heavy atom. The first-order valence-electron chi connectivity index (χ1n) is 10.5. The first-order chi connectivity index (χ1) is 13.3. The maximum Gasteiger partial charge on any atom is 0.257 e. The third-order valence-electron chi connectivity index (χ3n) is 7.08. The van der Waals surface area contributed by atoms with Crippen molar-refractivity contribution in [1.29, 1.82) is 0 Å². The zero-order chi connectivity index (χ0) is 18.3. The molecule has 3 aliphatic heterocycles. The summed E-state index contributed by atoms with van der Waals surface area (Å²) in [6.45, 7) is 5.33. The number of rotatable bonds is 5. The number of carbonyl (C=O) groups is 1. The Hall–Kier alpha value is -1.37. The molecule has 4 aliphatic rings. The maximum absolute atomic E-state index is 12.5. The van der Waals surface area contributed by atoms with Crippen LogP contribution in [0.4, 0.5) is 0 Å². The van der Waals surface area contributed by atoms with E-state index in [9.17, 15) is 4.79 Å². The van der Waals surface area contributed by atoms with Crippen molar-refractivity contribution in [3.8, 4) is 0 Å². The Balaban J connectivity index is 1.20. The number of ether oxygens (including phenoxy) is 2. The van der Waals surface area contributed by atoms with E-state index in [0.717, 1.165) is 71.1 Å². The maximum atomic E-state index is 12.5. The lowest BCUT2D eigenvalue weighted by Crippen LogP contribution is -2.76. The van der Waals surface area contributed by atoms with E-state index in [-0.39, 0.29) is 11.4 Å². The van der Waals surface area contributed by atoms with Gasteiger partial charge in [0.25, 0.3) is 5.91 Å². The molecule has 1 aromatic heterocycles. The lowest BCUT2D eigenvalue weighted by Gasteiger charge is -2.63. The van der Waals surface area contributed by atoms with Crippen molar-refractivity contribution in [3.05, 3.63) is 24.2 Å². The van der Waals surface area contributed by atoms with Crippen molar-refractivity contribution in [3.63, 3.8) is 0 Å². The molecule has 3 saturated heterocycles. The van der Waals surface area contributed by atoms with Crippen molar-refractivity contribution < 1.29 is 18.7 Å². The molecule has 1 unspecified atom stereocenters. The van der Waals surface area contributed by atoms with E-state index in [1.807, 2.05) is 4.90 Å². The fraction of sp³-hybridized carbons (Fsp3) is 0.762. The summed E-state index contributed by atoms with van der Waals surface area (Å²) in [6.07, 6.45) is 10.4. The lowest BCUT2D eigenvalue weighted by atomic mass is 9.73. The first-order valence-corrected chi connectivity index (χ1v) is 10.5. The second kappa shape index (κ2) is 7.22. The van der Waals surface area contributed by atoms with Gasteiger partial charge in [-0.3, -0.25) is 9.69 Å². The van der Waals surface area contributed by atoms with Crippen molar-refractivity contribution in [2.24, 2.45) is 5.92 Å². The van der Waals surface area contributed by atoms with Crippen LogP contribution in [0.2, 0.25) is 0 Å². The molecule has 27 heavy (non-hydrogen) atoms. The summed E-state index contributed by atoms with van der Waals surface area (Å²) in [7, 11) is 0. The van der Waals surface area contributed by atoms with Crippen molar-refractivity contribution in [1.82, 2.24) is 9.80 Å². The standard InChI is InChI=1S/C21H30N2O4/c24-20(17-5-10-26-15-17)22-8-3-18(4-9-22)23-13-19(27-14-16-1-2-16)21(23)6-11-25-12-7-21/h5,10,15-16,18-19H,1-4,6-9,11-14H2. The quantitative estimate of drug-likeness (QED) is 0.793. The number of furan rings is 1. The minimum atomic E-state index is 0.0947. The molecule has 1 atom stereocenters.